The van der Waals surface area contributed by atoms with Crippen LogP contribution < -0.4 is 16.0 Å². The minimum Gasteiger partial charge on any atom is -0.358 e. The SMILES string of the molecule is CNC(=O)C1CCNCC[N]1. The van der Waals surface area contributed by atoms with Crippen LogP contribution in [0, 0.1) is 0 Å². The number of carbonyl (C=O) groups excluding carboxylic acids is 1. The second-order valence-corrected chi connectivity index (χ2v) is 2.57. The Morgan fingerprint density at radius 2 is 2.45 bits per heavy atom. The molecule has 0 aromatic rings. The van der Waals surface area contributed by atoms with Crippen LogP contribution in [0.2, 0.25) is 0 Å². The third-order valence-corrected chi connectivity index (χ3v) is 1.78. The first-order valence-corrected chi connectivity index (χ1v) is 3.93. The Balaban J connectivity index is 2.36. The summed E-state index contributed by atoms with van der Waals surface area (Å²) < 4.78 is 0. The summed E-state index contributed by atoms with van der Waals surface area (Å²) in [6.07, 6.45) is 0.819. The maximum atomic E-state index is 11.1. The van der Waals surface area contributed by atoms with Gasteiger partial charge < -0.3 is 10.6 Å². The molecule has 11 heavy (non-hydrogen) atoms. The lowest BCUT2D eigenvalue weighted by atomic mass is 10.2. The highest BCUT2D eigenvalue weighted by molar-refractivity contribution is 5.81. The largest absolute Gasteiger partial charge is 0.358 e. The van der Waals surface area contributed by atoms with Gasteiger partial charge in [0.1, 0.15) is 6.04 Å². The first kappa shape index (κ1) is 8.49. The molecular weight excluding hydrogens is 142 g/mol. The van der Waals surface area contributed by atoms with Crippen LogP contribution in [-0.2, 0) is 4.79 Å². The van der Waals surface area contributed by atoms with Crippen molar-refractivity contribution in [3.05, 3.63) is 0 Å². The van der Waals surface area contributed by atoms with Gasteiger partial charge in [0.15, 0.2) is 0 Å². The molecule has 1 unspecified atom stereocenters. The van der Waals surface area contributed by atoms with Gasteiger partial charge in [0.25, 0.3) is 0 Å². The van der Waals surface area contributed by atoms with E-state index in [4.69, 9.17) is 0 Å². The van der Waals surface area contributed by atoms with Crippen LogP contribution in [0.25, 0.3) is 0 Å². The van der Waals surface area contributed by atoms with Crippen LogP contribution in [0.3, 0.4) is 0 Å². The minimum absolute atomic E-state index is 0.0358. The number of rotatable bonds is 1. The molecule has 1 rings (SSSR count). The van der Waals surface area contributed by atoms with Gasteiger partial charge in [-0.05, 0) is 13.0 Å². The van der Waals surface area contributed by atoms with E-state index in [-0.39, 0.29) is 11.9 Å². The van der Waals surface area contributed by atoms with Gasteiger partial charge >= 0.3 is 0 Å². The van der Waals surface area contributed by atoms with Crippen LogP contribution in [0.5, 0.6) is 0 Å². The van der Waals surface area contributed by atoms with E-state index in [0.29, 0.717) is 0 Å². The average Bonchev–Trinajstić information content (AvgIpc) is 2.30. The summed E-state index contributed by atoms with van der Waals surface area (Å²) in [4.78, 5) is 11.1. The molecule has 1 amide bonds. The molecule has 1 heterocycles. The number of carbonyl (C=O) groups is 1. The van der Waals surface area contributed by atoms with E-state index in [1.165, 1.54) is 0 Å². The highest BCUT2D eigenvalue weighted by atomic mass is 16.2. The third kappa shape index (κ3) is 2.48. The monoisotopic (exact) mass is 156 g/mol. The summed E-state index contributed by atoms with van der Waals surface area (Å²) in [5.41, 5.74) is 0. The van der Waals surface area contributed by atoms with E-state index in [1.807, 2.05) is 0 Å². The number of likely N-dealkylation sites (N-methyl/N-ethyl adjacent to an activating group) is 1. The lowest BCUT2D eigenvalue weighted by molar-refractivity contribution is -0.122. The number of amides is 1. The molecule has 0 aromatic heterocycles. The molecule has 0 saturated carbocycles. The molecule has 0 aromatic carbocycles. The summed E-state index contributed by atoms with van der Waals surface area (Å²) >= 11 is 0. The van der Waals surface area contributed by atoms with Gasteiger partial charge in [0.05, 0.1) is 0 Å². The molecule has 0 bridgehead atoms. The average molecular weight is 156 g/mol. The summed E-state index contributed by atoms with van der Waals surface area (Å²) in [7, 11) is 1.65. The van der Waals surface area contributed by atoms with E-state index in [9.17, 15) is 4.79 Å². The van der Waals surface area contributed by atoms with Gasteiger partial charge in [-0.15, -0.1) is 0 Å². The van der Waals surface area contributed by atoms with Crippen LogP contribution in [0.1, 0.15) is 6.42 Å². The van der Waals surface area contributed by atoms with Crippen molar-refractivity contribution < 1.29 is 4.79 Å². The zero-order chi connectivity index (χ0) is 8.10. The number of hydrogen-bond acceptors (Lipinski definition) is 2. The van der Waals surface area contributed by atoms with Crippen LogP contribution >= 0.6 is 0 Å². The molecule has 1 fully saturated rings. The molecule has 63 valence electrons. The summed E-state index contributed by atoms with van der Waals surface area (Å²) in [5, 5.41) is 10.0. The second kappa shape index (κ2) is 4.31. The summed E-state index contributed by atoms with van der Waals surface area (Å²) in [6.45, 7) is 2.53. The van der Waals surface area contributed by atoms with Gasteiger partial charge in [-0.3, -0.25) is 4.79 Å². The van der Waals surface area contributed by atoms with E-state index in [2.05, 4.69) is 16.0 Å². The highest BCUT2D eigenvalue weighted by Crippen LogP contribution is 1.94. The van der Waals surface area contributed by atoms with Crippen molar-refractivity contribution >= 4 is 5.91 Å². The molecule has 1 radical (unpaired) electrons. The molecule has 1 atom stereocenters. The van der Waals surface area contributed by atoms with Crippen molar-refractivity contribution in [3.63, 3.8) is 0 Å². The molecular formula is C7H14N3O. The van der Waals surface area contributed by atoms with Crippen LogP contribution in [0.4, 0.5) is 0 Å². The Bertz CT molecular complexity index is 130. The summed E-state index contributed by atoms with van der Waals surface area (Å²) in [5.74, 6) is 0.0358. The number of nitrogens with one attached hydrogen (secondary N) is 2. The Kier molecular flexibility index (Phi) is 3.32. The van der Waals surface area contributed by atoms with Crippen molar-refractivity contribution in [2.45, 2.75) is 12.5 Å². The van der Waals surface area contributed by atoms with Gasteiger partial charge in [-0.2, -0.15) is 0 Å². The molecule has 1 saturated heterocycles. The minimum atomic E-state index is -0.130. The first-order valence-electron chi connectivity index (χ1n) is 3.93. The maximum absolute atomic E-state index is 11.1. The third-order valence-electron chi connectivity index (χ3n) is 1.78. The molecule has 0 spiro atoms. The lowest BCUT2D eigenvalue weighted by Crippen LogP contribution is -2.38. The predicted octanol–water partition coefficient (Wildman–Crippen LogP) is -1.30. The van der Waals surface area contributed by atoms with Gasteiger partial charge in [0.2, 0.25) is 5.91 Å². The Morgan fingerprint density at radius 1 is 1.64 bits per heavy atom. The standard InChI is InChI=1S/C7H14N3O/c1-8-7(11)6-2-3-9-4-5-10-6/h6,9H,2-5H2,1H3,(H,8,11). The molecule has 4 nitrogen and oxygen atoms in total. The topological polar surface area (TPSA) is 55.2 Å². The lowest BCUT2D eigenvalue weighted by Gasteiger charge is -2.10. The maximum Gasteiger partial charge on any atom is 0.238 e. The molecule has 1 aliphatic rings. The first-order chi connectivity index (χ1) is 5.34. The Morgan fingerprint density at radius 3 is 3.18 bits per heavy atom. The van der Waals surface area contributed by atoms with Crippen LogP contribution in [0.15, 0.2) is 0 Å². The van der Waals surface area contributed by atoms with Gasteiger partial charge in [0, 0.05) is 20.1 Å². The van der Waals surface area contributed by atoms with Crippen molar-refractivity contribution in [2.24, 2.45) is 0 Å². The zero-order valence-corrected chi connectivity index (χ0v) is 6.76. The van der Waals surface area contributed by atoms with E-state index in [1.54, 1.807) is 7.05 Å². The molecule has 2 N–H and O–H groups in total. The number of nitrogens with zero attached hydrogens (tertiary/aromatic N) is 1. The van der Waals surface area contributed by atoms with Crippen molar-refractivity contribution in [1.29, 1.82) is 0 Å². The number of hydrogen-bond donors (Lipinski definition) is 2. The Hall–Kier alpha value is -0.610. The predicted molar refractivity (Wildman–Crippen MR) is 42.3 cm³/mol. The van der Waals surface area contributed by atoms with Crippen molar-refractivity contribution in [2.75, 3.05) is 26.7 Å². The van der Waals surface area contributed by atoms with Crippen molar-refractivity contribution in [1.82, 2.24) is 16.0 Å². The Labute approximate surface area is 66.7 Å². The molecule has 1 aliphatic heterocycles. The fourth-order valence-corrected chi connectivity index (χ4v) is 1.14. The van der Waals surface area contributed by atoms with Gasteiger partial charge in [-0.25, -0.2) is 5.32 Å². The quantitative estimate of drug-likeness (QED) is 0.496. The molecule has 0 aliphatic carbocycles. The smallest absolute Gasteiger partial charge is 0.238 e. The highest BCUT2D eigenvalue weighted by Gasteiger charge is 2.18. The summed E-state index contributed by atoms with van der Waals surface area (Å²) in [6, 6.07) is -0.130. The van der Waals surface area contributed by atoms with E-state index >= 15 is 0 Å². The van der Waals surface area contributed by atoms with Crippen molar-refractivity contribution in [3.8, 4) is 0 Å². The fraction of sp³-hybridized carbons (Fsp3) is 0.857. The normalized spacial score (nSPS) is 25.7. The fourth-order valence-electron chi connectivity index (χ4n) is 1.14. The van der Waals surface area contributed by atoms with E-state index in [0.717, 1.165) is 26.1 Å². The zero-order valence-electron chi connectivity index (χ0n) is 6.76. The van der Waals surface area contributed by atoms with Crippen LogP contribution in [-0.4, -0.2) is 38.6 Å². The second-order valence-electron chi connectivity index (χ2n) is 2.57. The van der Waals surface area contributed by atoms with E-state index < -0.39 is 0 Å². The molecule has 4 heteroatoms. The van der Waals surface area contributed by atoms with Gasteiger partial charge in [-0.1, -0.05) is 0 Å².